The molecule has 0 saturated carbocycles. The van der Waals surface area contributed by atoms with Gasteiger partial charge < -0.3 is 4.74 Å². The van der Waals surface area contributed by atoms with Crippen molar-refractivity contribution in [3.63, 3.8) is 0 Å². The van der Waals surface area contributed by atoms with Crippen molar-refractivity contribution < 1.29 is 13.2 Å². The van der Waals surface area contributed by atoms with Crippen molar-refractivity contribution in [1.29, 1.82) is 0 Å². The van der Waals surface area contributed by atoms with Gasteiger partial charge in [0.25, 0.3) is 10.0 Å². The molecule has 0 radical (unpaired) electrons. The largest absolute Gasteiger partial charge is 0.489 e. The van der Waals surface area contributed by atoms with E-state index < -0.39 is 10.0 Å². The fraction of sp³-hybridized carbons (Fsp3) is 0.182. The normalized spacial score (nSPS) is 11.2. The number of aryl methyl sites for hydroxylation is 3. The van der Waals surface area contributed by atoms with Crippen LogP contribution in [0.15, 0.2) is 71.6 Å². The lowest BCUT2D eigenvalue weighted by molar-refractivity contribution is 0.306. The van der Waals surface area contributed by atoms with Crippen LogP contribution in [0.5, 0.6) is 5.75 Å². The Balaban J connectivity index is 1.72. The predicted octanol–water partition coefficient (Wildman–Crippen LogP) is 4.99. The van der Waals surface area contributed by atoms with E-state index in [9.17, 15) is 8.42 Å². The maximum Gasteiger partial charge on any atom is 0.262 e. The summed E-state index contributed by atoms with van der Waals surface area (Å²) in [6, 6.07) is 20.6. The van der Waals surface area contributed by atoms with E-state index in [1.165, 1.54) is 0 Å². The molecule has 0 aliphatic rings. The number of hydrogen-bond donors (Lipinski definition) is 1. The standard InChI is InChI=1S/C22H23NO3S/c1-16-13-17(2)22(18(3)14-16)27(24,25)23-20-9-11-21(12-10-20)26-15-19-7-5-4-6-8-19/h4-14,23H,15H2,1-3H3. The first-order chi connectivity index (χ1) is 12.8. The van der Waals surface area contributed by atoms with Crippen LogP contribution in [0, 0.1) is 20.8 Å². The molecule has 0 spiro atoms. The van der Waals surface area contributed by atoms with Crippen molar-refractivity contribution in [3.8, 4) is 5.75 Å². The third-order valence-electron chi connectivity index (χ3n) is 4.23. The molecule has 4 nitrogen and oxygen atoms in total. The molecule has 0 bridgehead atoms. The Morgan fingerprint density at radius 3 is 2.04 bits per heavy atom. The van der Waals surface area contributed by atoms with Gasteiger partial charge in [-0.3, -0.25) is 4.72 Å². The van der Waals surface area contributed by atoms with Crippen molar-refractivity contribution in [2.75, 3.05) is 4.72 Å². The van der Waals surface area contributed by atoms with Crippen molar-refractivity contribution in [2.45, 2.75) is 32.3 Å². The fourth-order valence-electron chi connectivity index (χ4n) is 3.16. The topological polar surface area (TPSA) is 55.4 Å². The van der Waals surface area contributed by atoms with Crippen LogP contribution in [0.1, 0.15) is 22.3 Å². The van der Waals surface area contributed by atoms with Crippen LogP contribution < -0.4 is 9.46 Å². The molecule has 0 aliphatic heterocycles. The quantitative estimate of drug-likeness (QED) is 0.654. The van der Waals surface area contributed by atoms with E-state index in [0.29, 0.717) is 22.9 Å². The first-order valence-corrected chi connectivity index (χ1v) is 10.2. The number of sulfonamides is 1. The zero-order chi connectivity index (χ0) is 19.4. The number of ether oxygens (including phenoxy) is 1. The molecule has 0 saturated heterocycles. The highest BCUT2D eigenvalue weighted by Gasteiger charge is 2.20. The number of benzene rings is 3. The van der Waals surface area contributed by atoms with Crippen LogP contribution >= 0.6 is 0 Å². The summed E-state index contributed by atoms with van der Waals surface area (Å²) in [5, 5.41) is 0. The van der Waals surface area contributed by atoms with E-state index in [4.69, 9.17) is 4.74 Å². The third kappa shape index (κ3) is 4.68. The predicted molar refractivity (Wildman–Crippen MR) is 109 cm³/mol. The van der Waals surface area contributed by atoms with Gasteiger partial charge >= 0.3 is 0 Å². The molecule has 0 heterocycles. The van der Waals surface area contributed by atoms with Gasteiger partial charge in [-0.15, -0.1) is 0 Å². The Labute approximate surface area is 160 Å². The molecule has 5 heteroatoms. The monoisotopic (exact) mass is 381 g/mol. The minimum atomic E-state index is -3.65. The summed E-state index contributed by atoms with van der Waals surface area (Å²) in [6.45, 7) is 6.05. The molecule has 140 valence electrons. The first-order valence-electron chi connectivity index (χ1n) is 8.72. The van der Waals surface area contributed by atoms with Gasteiger partial charge in [-0.2, -0.15) is 0 Å². The number of hydrogen-bond acceptors (Lipinski definition) is 3. The van der Waals surface area contributed by atoms with E-state index in [1.54, 1.807) is 24.3 Å². The van der Waals surface area contributed by atoms with Crippen molar-refractivity contribution in [3.05, 3.63) is 89.0 Å². The van der Waals surface area contributed by atoms with E-state index in [0.717, 1.165) is 22.3 Å². The molecule has 0 unspecified atom stereocenters. The molecule has 27 heavy (non-hydrogen) atoms. The Morgan fingerprint density at radius 2 is 1.44 bits per heavy atom. The Morgan fingerprint density at radius 1 is 0.852 bits per heavy atom. The molecule has 1 N–H and O–H groups in total. The summed E-state index contributed by atoms with van der Waals surface area (Å²) in [5.74, 6) is 0.685. The van der Waals surface area contributed by atoms with Gasteiger partial charge in [-0.25, -0.2) is 8.42 Å². The highest BCUT2D eigenvalue weighted by molar-refractivity contribution is 7.92. The Kier molecular flexibility index (Phi) is 5.51. The highest BCUT2D eigenvalue weighted by Crippen LogP contribution is 2.25. The van der Waals surface area contributed by atoms with Crippen LogP contribution in [0.3, 0.4) is 0 Å². The van der Waals surface area contributed by atoms with E-state index in [1.807, 2.05) is 63.2 Å². The SMILES string of the molecule is Cc1cc(C)c(S(=O)(=O)Nc2ccc(OCc3ccccc3)cc2)c(C)c1. The van der Waals surface area contributed by atoms with Gasteiger partial charge in [0.1, 0.15) is 12.4 Å². The summed E-state index contributed by atoms with van der Waals surface area (Å²) < 4.78 is 34.0. The van der Waals surface area contributed by atoms with E-state index in [2.05, 4.69) is 4.72 Å². The fourth-order valence-corrected chi connectivity index (χ4v) is 4.67. The minimum absolute atomic E-state index is 0.331. The van der Waals surface area contributed by atoms with Gasteiger partial charge in [-0.05, 0) is 61.7 Å². The first kappa shape index (κ1) is 19.0. The average Bonchev–Trinajstić information content (AvgIpc) is 2.60. The molecule has 0 aliphatic carbocycles. The van der Waals surface area contributed by atoms with Crippen LogP contribution in [0.25, 0.3) is 0 Å². The molecule has 0 aromatic heterocycles. The second kappa shape index (κ2) is 7.84. The Bertz CT molecular complexity index is 1000. The molecule has 3 aromatic rings. The number of nitrogens with one attached hydrogen (secondary N) is 1. The molecule has 0 fully saturated rings. The van der Waals surface area contributed by atoms with Crippen molar-refractivity contribution in [1.82, 2.24) is 0 Å². The lowest BCUT2D eigenvalue weighted by atomic mass is 10.1. The molecule has 3 rings (SSSR count). The van der Waals surface area contributed by atoms with Crippen LogP contribution in [0.4, 0.5) is 5.69 Å². The second-order valence-corrected chi connectivity index (χ2v) is 8.25. The summed E-state index contributed by atoms with van der Waals surface area (Å²) >= 11 is 0. The zero-order valence-corrected chi connectivity index (χ0v) is 16.5. The summed E-state index contributed by atoms with van der Waals surface area (Å²) in [7, 11) is -3.65. The van der Waals surface area contributed by atoms with Gasteiger partial charge in [-0.1, -0.05) is 48.0 Å². The van der Waals surface area contributed by atoms with Crippen molar-refractivity contribution >= 4 is 15.7 Å². The molecule has 0 amide bonds. The summed E-state index contributed by atoms with van der Waals surface area (Å²) in [6.07, 6.45) is 0. The lowest BCUT2D eigenvalue weighted by Crippen LogP contribution is -2.15. The molecule has 0 atom stereocenters. The Hall–Kier alpha value is -2.79. The average molecular weight is 381 g/mol. The summed E-state index contributed by atoms with van der Waals surface area (Å²) in [5.41, 5.74) is 4.10. The smallest absolute Gasteiger partial charge is 0.262 e. The van der Waals surface area contributed by atoms with Crippen LogP contribution in [-0.4, -0.2) is 8.42 Å². The second-order valence-electron chi connectivity index (χ2n) is 6.63. The van der Waals surface area contributed by atoms with Crippen molar-refractivity contribution in [2.24, 2.45) is 0 Å². The van der Waals surface area contributed by atoms with Crippen LogP contribution in [0.2, 0.25) is 0 Å². The lowest BCUT2D eigenvalue weighted by Gasteiger charge is -2.14. The molecular formula is C22H23NO3S. The number of anilines is 1. The van der Waals surface area contributed by atoms with E-state index >= 15 is 0 Å². The molecule has 3 aromatic carbocycles. The maximum atomic E-state index is 12.8. The third-order valence-corrected chi connectivity index (χ3v) is 5.91. The van der Waals surface area contributed by atoms with Gasteiger partial charge in [0, 0.05) is 5.69 Å². The van der Waals surface area contributed by atoms with Crippen LogP contribution in [-0.2, 0) is 16.6 Å². The van der Waals surface area contributed by atoms with Gasteiger partial charge in [0.15, 0.2) is 0 Å². The highest BCUT2D eigenvalue weighted by atomic mass is 32.2. The maximum absolute atomic E-state index is 12.8. The summed E-state index contributed by atoms with van der Waals surface area (Å²) in [4.78, 5) is 0.331. The van der Waals surface area contributed by atoms with Gasteiger partial charge in [0.2, 0.25) is 0 Å². The zero-order valence-electron chi connectivity index (χ0n) is 15.7. The van der Waals surface area contributed by atoms with Gasteiger partial charge in [0.05, 0.1) is 4.90 Å². The molecular weight excluding hydrogens is 358 g/mol. The minimum Gasteiger partial charge on any atom is -0.489 e. The number of rotatable bonds is 6. The van der Waals surface area contributed by atoms with E-state index in [-0.39, 0.29) is 0 Å².